The number of benzene rings is 2. The molecule has 9 heteroatoms. The van der Waals surface area contributed by atoms with E-state index >= 15 is 0 Å². The lowest BCUT2D eigenvalue weighted by Crippen LogP contribution is -2.25. The van der Waals surface area contributed by atoms with Gasteiger partial charge in [-0.2, -0.15) is 0 Å². The van der Waals surface area contributed by atoms with Crippen LogP contribution in [0.4, 0.5) is 5.69 Å². The lowest BCUT2D eigenvalue weighted by molar-refractivity contribution is -0.119. The van der Waals surface area contributed by atoms with Gasteiger partial charge in [-0.25, -0.2) is 9.48 Å². The third-order valence-corrected chi connectivity index (χ3v) is 5.12. The molecule has 2 aromatic carbocycles. The van der Waals surface area contributed by atoms with Gasteiger partial charge in [0.05, 0.1) is 30.7 Å². The van der Waals surface area contributed by atoms with Crippen LogP contribution in [0.15, 0.2) is 53.3 Å². The van der Waals surface area contributed by atoms with Crippen molar-refractivity contribution in [1.82, 2.24) is 9.36 Å². The predicted molar refractivity (Wildman–Crippen MR) is 128 cm³/mol. The number of nitrogens with zero attached hydrogens (tertiary/aromatic N) is 2. The lowest BCUT2D eigenvalue weighted by atomic mass is 10.2. The van der Waals surface area contributed by atoms with E-state index in [1.54, 1.807) is 36.9 Å². The average molecular weight is 468 g/mol. The molecule has 34 heavy (non-hydrogen) atoms. The van der Waals surface area contributed by atoms with Gasteiger partial charge in [0, 0.05) is 7.05 Å². The summed E-state index contributed by atoms with van der Waals surface area (Å²) in [5.41, 5.74) is 1.19. The first-order chi connectivity index (χ1) is 16.2. The molecule has 1 amide bonds. The van der Waals surface area contributed by atoms with Gasteiger partial charge >= 0.3 is 5.97 Å². The Morgan fingerprint density at radius 3 is 2.41 bits per heavy atom. The SMILES string of the molecule is COc1cc(C(=O)OCC(=O)Nc2c(C)n(C)n(-c3ccccc3)c2=O)ccc1OCC(C)C. The highest BCUT2D eigenvalue weighted by molar-refractivity contribution is 5.96. The normalized spacial score (nSPS) is 10.8. The third kappa shape index (κ3) is 5.48. The van der Waals surface area contributed by atoms with Crippen molar-refractivity contribution in [3.8, 4) is 17.2 Å². The van der Waals surface area contributed by atoms with Crippen LogP contribution in [0.3, 0.4) is 0 Å². The highest BCUT2D eigenvalue weighted by Gasteiger charge is 2.19. The second-order valence-electron chi connectivity index (χ2n) is 8.13. The van der Waals surface area contributed by atoms with Gasteiger partial charge in [0.15, 0.2) is 18.1 Å². The Morgan fingerprint density at radius 1 is 1.06 bits per heavy atom. The van der Waals surface area contributed by atoms with Crippen LogP contribution in [0.25, 0.3) is 5.69 Å². The Hall–Kier alpha value is -4.01. The second kappa shape index (κ2) is 10.7. The average Bonchev–Trinajstić information content (AvgIpc) is 3.04. The number of ether oxygens (including phenoxy) is 3. The van der Waals surface area contributed by atoms with Crippen molar-refractivity contribution < 1.29 is 23.8 Å². The number of methoxy groups -OCH3 is 1. The first-order valence-electron chi connectivity index (χ1n) is 10.8. The number of anilines is 1. The van der Waals surface area contributed by atoms with Crippen LogP contribution in [0.2, 0.25) is 0 Å². The minimum atomic E-state index is -0.699. The van der Waals surface area contributed by atoms with Gasteiger partial charge in [0.1, 0.15) is 5.69 Å². The van der Waals surface area contributed by atoms with Gasteiger partial charge in [0.25, 0.3) is 11.5 Å². The number of para-hydroxylation sites is 1. The predicted octanol–water partition coefficient (Wildman–Crippen LogP) is 3.32. The molecule has 0 saturated heterocycles. The molecule has 0 unspecified atom stereocenters. The fourth-order valence-electron chi connectivity index (χ4n) is 3.27. The number of nitrogens with one attached hydrogen (secondary N) is 1. The Labute approximate surface area is 197 Å². The zero-order chi connectivity index (χ0) is 24.8. The van der Waals surface area contributed by atoms with Crippen molar-refractivity contribution in [1.29, 1.82) is 0 Å². The van der Waals surface area contributed by atoms with Gasteiger partial charge in [-0.15, -0.1) is 0 Å². The van der Waals surface area contributed by atoms with E-state index < -0.39 is 18.5 Å². The Balaban J connectivity index is 1.67. The molecular weight excluding hydrogens is 438 g/mol. The summed E-state index contributed by atoms with van der Waals surface area (Å²) in [6.07, 6.45) is 0. The second-order valence-corrected chi connectivity index (χ2v) is 8.13. The van der Waals surface area contributed by atoms with E-state index in [1.165, 1.54) is 23.9 Å². The summed E-state index contributed by atoms with van der Waals surface area (Å²) < 4.78 is 19.2. The standard InChI is InChI=1S/C25H29N3O6/c1-16(2)14-33-20-12-11-18(13-21(20)32-5)25(31)34-15-22(29)26-23-17(3)27(4)28(24(23)30)19-9-7-6-8-10-19/h6-13,16H,14-15H2,1-5H3,(H,26,29). The number of carbonyl (C=O) groups excluding carboxylic acids is 2. The van der Waals surface area contributed by atoms with Crippen LogP contribution in [-0.2, 0) is 16.6 Å². The molecule has 0 fully saturated rings. The van der Waals surface area contributed by atoms with Crippen LogP contribution in [0, 0.1) is 12.8 Å². The number of hydrogen-bond donors (Lipinski definition) is 1. The lowest BCUT2D eigenvalue weighted by Gasteiger charge is -2.13. The van der Waals surface area contributed by atoms with E-state index in [9.17, 15) is 14.4 Å². The fraction of sp³-hybridized carbons (Fsp3) is 0.320. The van der Waals surface area contributed by atoms with Crippen molar-refractivity contribution in [3.05, 3.63) is 70.1 Å². The van der Waals surface area contributed by atoms with E-state index in [1.807, 2.05) is 32.0 Å². The number of aromatic nitrogens is 2. The molecule has 1 aromatic heterocycles. The Morgan fingerprint density at radius 2 is 1.76 bits per heavy atom. The molecular formula is C25H29N3O6. The fourth-order valence-corrected chi connectivity index (χ4v) is 3.27. The summed E-state index contributed by atoms with van der Waals surface area (Å²) >= 11 is 0. The van der Waals surface area contributed by atoms with E-state index in [2.05, 4.69) is 5.32 Å². The minimum Gasteiger partial charge on any atom is -0.493 e. The van der Waals surface area contributed by atoms with Crippen LogP contribution in [-0.4, -0.2) is 41.6 Å². The summed E-state index contributed by atoms with van der Waals surface area (Å²) in [7, 11) is 3.20. The summed E-state index contributed by atoms with van der Waals surface area (Å²) in [6.45, 7) is 5.73. The van der Waals surface area contributed by atoms with Gasteiger partial charge in [-0.3, -0.25) is 14.3 Å². The molecule has 0 radical (unpaired) electrons. The molecule has 0 atom stereocenters. The molecule has 3 aromatic rings. The first-order valence-corrected chi connectivity index (χ1v) is 10.8. The van der Waals surface area contributed by atoms with Crippen molar-refractivity contribution in [2.45, 2.75) is 20.8 Å². The van der Waals surface area contributed by atoms with E-state index in [0.717, 1.165) is 0 Å². The molecule has 1 N–H and O–H groups in total. The monoisotopic (exact) mass is 467 g/mol. The topological polar surface area (TPSA) is 101 Å². The van der Waals surface area contributed by atoms with Crippen molar-refractivity contribution >= 4 is 17.6 Å². The van der Waals surface area contributed by atoms with E-state index in [0.29, 0.717) is 35.4 Å². The molecule has 1 heterocycles. The van der Waals surface area contributed by atoms with Gasteiger partial charge < -0.3 is 19.5 Å². The molecule has 0 bridgehead atoms. The van der Waals surface area contributed by atoms with E-state index in [4.69, 9.17) is 14.2 Å². The highest BCUT2D eigenvalue weighted by Crippen LogP contribution is 2.28. The largest absolute Gasteiger partial charge is 0.493 e. The zero-order valence-electron chi connectivity index (χ0n) is 20.0. The number of rotatable bonds is 9. The molecule has 0 aliphatic rings. The molecule has 0 aliphatic heterocycles. The summed E-state index contributed by atoms with van der Waals surface area (Å²) in [5.74, 6) is -0.0860. The number of esters is 1. The molecule has 3 rings (SSSR count). The minimum absolute atomic E-state index is 0.126. The molecule has 0 spiro atoms. The van der Waals surface area contributed by atoms with Crippen LogP contribution < -0.4 is 20.3 Å². The summed E-state index contributed by atoms with van der Waals surface area (Å²) in [5, 5.41) is 2.56. The quantitative estimate of drug-likeness (QED) is 0.485. The smallest absolute Gasteiger partial charge is 0.338 e. The maximum Gasteiger partial charge on any atom is 0.338 e. The van der Waals surface area contributed by atoms with Crippen molar-refractivity contribution in [2.24, 2.45) is 13.0 Å². The van der Waals surface area contributed by atoms with Gasteiger partial charge in [0.2, 0.25) is 0 Å². The van der Waals surface area contributed by atoms with Crippen LogP contribution in [0.5, 0.6) is 11.5 Å². The molecule has 180 valence electrons. The summed E-state index contributed by atoms with van der Waals surface area (Å²) in [4.78, 5) is 37.8. The van der Waals surface area contributed by atoms with Crippen LogP contribution in [0.1, 0.15) is 29.9 Å². The Kier molecular flexibility index (Phi) is 7.78. The van der Waals surface area contributed by atoms with Crippen LogP contribution >= 0.6 is 0 Å². The molecule has 0 saturated carbocycles. The highest BCUT2D eigenvalue weighted by atomic mass is 16.5. The Bertz CT molecular complexity index is 1230. The number of hydrogen-bond acceptors (Lipinski definition) is 6. The molecule has 9 nitrogen and oxygen atoms in total. The van der Waals surface area contributed by atoms with Gasteiger partial charge in [-0.1, -0.05) is 32.0 Å². The first kappa shape index (κ1) is 24.6. The molecule has 0 aliphatic carbocycles. The maximum atomic E-state index is 12.9. The van der Waals surface area contributed by atoms with Crippen molar-refractivity contribution in [3.63, 3.8) is 0 Å². The maximum absolute atomic E-state index is 12.9. The van der Waals surface area contributed by atoms with Crippen molar-refractivity contribution in [2.75, 3.05) is 25.6 Å². The van der Waals surface area contributed by atoms with E-state index in [-0.39, 0.29) is 16.8 Å². The number of carbonyl (C=O) groups is 2. The zero-order valence-corrected chi connectivity index (χ0v) is 20.0. The third-order valence-electron chi connectivity index (χ3n) is 5.12. The number of amides is 1. The van der Waals surface area contributed by atoms with Gasteiger partial charge in [-0.05, 0) is 43.2 Å². The summed E-state index contributed by atoms with van der Waals surface area (Å²) in [6, 6.07) is 13.7.